The van der Waals surface area contributed by atoms with Crippen LogP contribution in [-0.4, -0.2) is 32.0 Å². The standard InChI is InChI=1S/C13H25NO3/c1-2-3-4-5-6-7-10-16-13(15)17-12-8-9-14-11-12/h12,14H,2-11H2,1H3. The van der Waals surface area contributed by atoms with Gasteiger partial charge < -0.3 is 14.8 Å². The quantitative estimate of drug-likeness (QED) is 0.526. The highest BCUT2D eigenvalue weighted by Crippen LogP contribution is 2.07. The fourth-order valence-corrected chi connectivity index (χ4v) is 1.94. The first-order chi connectivity index (χ1) is 8.33. The highest BCUT2D eigenvalue weighted by atomic mass is 16.7. The summed E-state index contributed by atoms with van der Waals surface area (Å²) in [5.74, 6) is 0. The van der Waals surface area contributed by atoms with Crippen LogP contribution in [0.15, 0.2) is 0 Å². The smallest absolute Gasteiger partial charge is 0.434 e. The normalized spacial score (nSPS) is 19.2. The summed E-state index contributed by atoms with van der Waals surface area (Å²) in [5.41, 5.74) is 0. The minimum atomic E-state index is -0.507. The molecule has 0 aromatic carbocycles. The van der Waals surface area contributed by atoms with Gasteiger partial charge in [-0.2, -0.15) is 0 Å². The molecule has 1 N–H and O–H groups in total. The number of carbonyl (C=O) groups is 1. The second-order valence-electron chi connectivity index (χ2n) is 4.60. The number of hydrogen-bond acceptors (Lipinski definition) is 4. The van der Waals surface area contributed by atoms with Crippen molar-refractivity contribution < 1.29 is 14.3 Å². The first-order valence-electron chi connectivity index (χ1n) is 6.87. The predicted octanol–water partition coefficient (Wildman–Crippen LogP) is 2.86. The lowest BCUT2D eigenvalue weighted by atomic mass is 10.1. The molecule has 0 saturated carbocycles. The number of carbonyl (C=O) groups excluding carboxylic acids is 1. The van der Waals surface area contributed by atoms with E-state index in [9.17, 15) is 4.79 Å². The van der Waals surface area contributed by atoms with Gasteiger partial charge in [-0.05, 0) is 19.4 Å². The molecule has 4 heteroatoms. The highest BCUT2D eigenvalue weighted by Gasteiger charge is 2.19. The van der Waals surface area contributed by atoms with Crippen molar-refractivity contribution in [2.75, 3.05) is 19.7 Å². The van der Waals surface area contributed by atoms with E-state index in [0.29, 0.717) is 6.61 Å². The lowest BCUT2D eigenvalue weighted by molar-refractivity contribution is 0.0287. The molecule has 1 saturated heterocycles. The van der Waals surface area contributed by atoms with E-state index in [4.69, 9.17) is 9.47 Å². The zero-order chi connectivity index (χ0) is 12.3. The summed E-state index contributed by atoms with van der Waals surface area (Å²) in [5, 5.41) is 3.14. The SMILES string of the molecule is CCCCCCCCOC(=O)OC1CCNC1. The van der Waals surface area contributed by atoms with Crippen molar-refractivity contribution in [3.8, 4) is 0 Å². The maximum atomic E-state index is 11.3. The van der Waals surface area contributed by atoms with Gasteiger partial charge in [-0.3, -0.25) is 0 Å². The fourth-order valence-electron chi connectivity index (χ4n) is 1.94. The summed E-state index contributed by atoms with van der Waals surface area (Å²) in [6, 6.07) is 0. The summed E-state index contributed by atoms with van der Waals surface area (Å²) >= 11 is 0. The number of rotatable bonds is 8. The van der Waals surface area contributed by atoms with Crippen LogP contribution in [0.4, 0.5) is 4.79 Å². The number of nitrogens with one attached hydrogen (secondary N) is 1. The molecule has 1 rings (SSSR count). The highest BCUT2D eigenvalue weighted by molar-refractivity contribution is 5.60. The molecule has 0 radical (unpaired) electrons. The van der Waals surface area contributed by atoms with E-state index in [-0.39, 0.29) is 6.10 Å². The zero-order valence-corrected chi connectivity index (χ0v) is 10.9. The van der Waals surface area contributed by atoms with Crippen LogP contribution in [0.3, 0.4) is 0 Å². The lowest BCUT2D eigenvalue weighted by Crippen LogP contribution is -2.21. The van der Waals surface area contributed by atoms with Crippen molar-refractivity contribution in [2.45, 2.75) is 58.0 Å². The Morgan fingerprint density at radius 3 is 2.71 bits per heavy atom. The van der Waals surface area contributed by atoms with Gasteiger partial charge in [0.1, 0.15) is 6.10 Å². The minimum Gasteiger partial charge on any atom is -0.434 e. The van der Waals surface area contributed by atoms with E-state index in [1.54, 1.807) is 0 Å². The molecule has 4 nitrogen and oxygen atoms in total. The van der Waals surface area contributed by atoms with Gasteiger partial charge in [0.25, 0.3) is 0 Å². The number of unbranched alkanes of at least 4 members (excludes halogenated alkanes) is 5. The lowest BCUT2D eigenvalue weighted by Gasteiger charge is -2.10. The molecule has 0 aromatic heterocycles. The van der Waals surface area contributed by atoms with Crippen molar-refractivity contribution in [1.29, 1.82) is 0 Å². The Morgan fingerprint density at radius 2 is 2.00 bits per heavy atom. The van der Waals surface area contributed by atoms with E-state index < -0.39 is 6.16 Å². The maximum absolute atomic E-state index is 11.3. The van der Waals surface area contributed by atoms with Gasteiger partial charge in [-0.1, -0.05) is 39.0 Å². The zero-order valence-electron chi connectivity index (χ0n) is 10.9. The van der Waals surface area contributed by atoms with E-state index in [2.05, 4.69) is 12.2 Å². The second kappa shape index (κ2) is 9.28. The van der Waals surface area contributed by atoms with Gasteiger partial charge >= 0.3 is 6.16 Å². The molecule has 0 aliphatic carbocycles. The van der Waals surface area contributed by atoms with Crippen LogP contribution in [0.5, 0.6) is 0 Å². The minimum absolute atomic E-state index is 0.00653. The molecule has 0 amide bonds. The molecule has 1 aliphatic rings. The molecule has 0 spiro atoms. The Morgan fingerprint density at radius 1 is 1.24 bits per heavy atom. The molecule has 100 valence electrons. The van der Waals surface area contributed by atoms with Gasteiger partial charge in [0, 0.05) is 6.54 Å². The molecule has 0 aromatic rings. The molecule has 1 aliphatic heterocycles. The van der Waals surface area contributed by atoms with E-state index in [1.165, 1.54) is 25.7 Å². The summed E-state index contributed by atoms with van der Waals surface area (Å²) in [4.78, 5) is 11.3. The van der Waals surface area contributed by atoms with Crippen LogP contribution in [0.2, 0.25) is 0 Å². The molecule has 0 bridgehead atoms. The van der Waals surface area contributed by atoms with Crippen LogP contribution >= 0.6 is 0 Å². The van der Waals surface area contributed by atoms with Crippen LogP contribution in [0.1, 0.15) is 51.9 Å². The largest absolute Gasteiger partial charge is 0.508 e. The molecule has 1 unspecified atom stereocenters. The van der Waals surface area contributed by atoms with Gasteiger partial charge in [0.15, 0.2) is 0 Å². The third-order valence-electron chi connectivity index (χ3n) is 3.00. The van der Waals surface area contributed by atoms with Crippen molar-refractivity contribution in [2.24, 2.45) is 0 Å². The Balaban J connectivity index is 1.86. The Hall–Kier alpha value is -0.770. The van der Waals surface area contributed by atoms with Crippen molar-refractivity contribution in [3.63, 3.8) is 0 Å². The van der Waals surface area contributed by atoms with Crippen molar-refractivity contribution >= 4 is 6.16 Å². The second-order valence-corrected chi connectivity index (χ2v) is 4.60. The van der Waals surface area contributed by atoms with Gasteiger partial charge in [-0.25, -0.2) is 4.79 Å². The summed E-state index contributed by atoms with van der Waals surface area (Å²) < 4.78 is 10.2. The summed E-state index contributed by atoms with van der Waals surface area (Å²) in [6.45, 7) is 4.38. The predicted molar refractivity (Wildman–Crippen MR) is 67.1 cm³/mol. The Labute approximate surface area is 104 Å². The Bertz CT molecular complexity index is 203. The van der Waals surface area contributed by atoms with Crippen molar-refractivity contribution in [1.82, 2.24) is 5.32 Å². The first kappa shape index (κ1) is 14.3. The van der Waals surface area contributed by atoms with Crippen LogP contribution < -0.4 is 5.32 Å². The average molecular weight is 243 g/mol. The van der Waals surface area contributed by atoms with Gasteiger partial charge in [0.2, 0.25) is 0 Å². The van der Waals surface area contributed by atoms with Gasteiger partial charge in [-0.15, -0.1) is 0 Å². The first-order valence-corrected chi connectivity index (χ1v) is 6.87. The van der Waals surface area contributed by atoms with Crippen LogP contribution in [-0.2, 0) is 9.47 Å². The molecule has 1 fully saturated rings. The van der Waals surface area contributed by atoms with Crippen LogP contribution in [0, 0.1) is 0 Å². The van der Waals surface area contributed by atoms with Gasteiger partial charge in [0.05, 0.1) is 6.61 Å². The Kier molecular flexibility index (Phi) is 7.80. The average Bonchev–Trinajstić information content (AvgIpc) is 2.80. The third-order valence-corrected chi connectivity index (χ3v) is 3.00. The molecule has 17 heavy (non-hydrogen) atoms. The fraction of sp³-hybridized carbons (Fsp3) is 0.923. The topological polar surface area (TPSA) is 47.6 Å². The number of ether oxygens (including phenoxy) is 2. The molecule has 1 heterocycles. The summed E-state index contributed by atoms with van der Waals surface area (Å²) in [7, 11) is 0. The van der Waals surface area contributed by atoms with E-state index in [0.717, 1.165) is 32.4 Å². The third kappa shape index (κ3) is 7.21. The number of hydrogen-bond donors (Lipinski definition) is 1. The molecular weight excluding hydrogens is 218 g/mol. The summed E-state index contributed by atoms with van der Waals surface area (Å²) in [6.07, 6.45) is 7.56. The monoisotopic (exact) mass is 243 g/mol. The van der Waals surface area contributed by atoms with E-state index >= 15 is 0 Å². The van der Waals surface area contributed by atoms with E-state index in [1.807, 2.05) is 0 Å². The molecule has 1 atom stereocenters. The van der Waals surface area contributed by atoms with Crippen molar-refractivity contribution in [3.05, 3.63) is 0 Å². The molecular formula is C13H25NO3. The maximum Gasteiger partial charge on any atom is 0.508 e. The van der Waals surface area contributed by atoms with Crippen LogP contribution in [0.25, 0.3) is 0 Å².